The minimum atomic E-state index is 0.465. The molecule has 2 N–H and O–H groups in total. The van der Waals surface area contributed by atoms with Gasteiger partial charge in [0.2, 0.25) is 5.89 Å². The summed E-state index contributed by atoms with van der Waals surface area (Å²) in [5, 5.41) is 6.63. The molecule has 0 atom stereocenters. The Balaban J connectivity index is 2.57. The molecule has 0 radical (unpaired) electrons. The van der Waals surface area contributed by atoms with Crippen LogP contribution in [0, 0.1) is 19.8 Å². The summed E-state index contributed by atoms with van der Waals surface area (Å²) < 4.78 is 5.54. The van der Waals surface area contributed by atoms with Crippen molar-refractivity contribution in [3.63, 3.8) is 0 Å². The zero-order chi connectivity index (χ0) is 15.0. The van der Waals surface area contributed by atoms with Crippen LogP contribution in [0.15, 0.2) is 9.41 Å². The van der Waals surface area contributed by atoms with E-state index in [1.165, 1.54) is 12.8 Å². The molecule has 0 aliphatic rings. The smallest absolute Gasteiger partial charge is 0.216 e. The standard InChI is InChI=1S/C15H28N4O/c1-6-13(7-2)9-17-15(16-8-3)18-10-14-19-11(4)12(5)20-14/h13H,6-10H2,1-5H3,(H2,16,17,18). The van der Waals surface area contributed by atoms with Gasteiger partial charge >= 0.3 is 0 Å². The van der Waals surface area contributed by atoms with E-state index in [0.29, 0.717) is 18.4 Å². The van der Waals surface area contributed by atoms with Gasteiger partial charge in [0.1, 0.15) is 12.3 Å². The number of aliphatic imine (C=N–C) groups is 1. The monoisotopic (exact) mass is 280 g/mol. The number of guanidine groups is 1. The molecule has 1 heterocycles. The number of nitrogens with zero attached hydrogens (tertiary/aromatic N) is 2. The molecule has 20 heavy (non-hydrogen) atoms. The first kappa shape index (κ1) is 16.5. The maximum atomic E-state index is 5.54. The number of hydrogen-bond donors (Lipinski definition) is 2. The van der Waals surface area contributed by atoms with Crippen LogP contribution in [0.1, 0.15) is 51.0 Å². The van der Waals surface area contributed by atoms with Crippen LogP contribution in [-0.4, -0.2) is 24.0 Å². The molecule has 0 aliphatic heterocycles. The van der Waals surface area contributed by atoms with Crippen molar-refractivity contribution < 1.29 is 4.42 Å². The number of hydrogen-bond acceptors (Lipinski definition) is 3. The van der Waals surface area contributed by atoms with Gasteiger partial charge in [-0.25, -0.2) is 9.98 Å². The van der Waals surface area contributed by atoms with E-state index in [9.17, 15) is 0 Å². The molecule has 5 heteroatoms. The van der Waals surface area contributed by atoms with E-state index in [-0.39, 0.29) is 0 Å². The number of aryl methyl sites for hydroxylation is 2. The van der Waals surface area contributed by atoms with E-state index in [1.54, 1.807) is 0 Å². The second-order valence-electron chi connectivity index (χ2n) is 5.01. The second kappa shape index (κ2) is 8.61. The van der Waals surface area contributed by atoms with Crippen molar-refractivity contribution in [1.82, 2.24) is 15.6 Å². The van der Waals surface area contributed by atoms with E-state index >= 15 is 0 Å². The third kappa shape index (κ3) is 5.23. The van der Waals surface area contributed by atoms with Crippen molar-refractivity contribution in [2.45, 2.75) is 54.0 Å². The Bertz CT molecular complexity index is 402. The maximum Gasteiger partial charge on any atom is 0.216 e. The first-order valence-corrected chi connectivity index (χ1v) is 7.55. The van der Waals surface area contributed by atoms with Crippen LogP contribution in [0.3, 0.4) is 0 Å². The third-order valence-corrected chi connectivity index (χ3v) is 3.50. The van der Waals surface area contributed by atoms with Gasteiger partial charge in [-0.2, -0.15) is 0 Å². The van der Waals surface area contributed by atoms with E-state index < -0.39 is 0 Å². The Kier molecular flexibility index (Phi) is 7.12. The largest absolute Gasteiger partial charge is 0.444 e. The van der Waals surface area contributed by atoms with Crippen LogP contribution in [0.2, 0.25) is 0 Å². The van der Waals surface area contributed by atoms with Gasteiger partial charge in [0.15, 0.2) is 5.96 Å². The van der Waals surface area contributed by atoms with Crippen molar-refractivity contribution >= 4 is 5.96 Å². The predicted octanol–water partition coefficient (Wildman–Crippen LogP) is 2.78. The highest BCUT2D eigenvalue weighted by Gasteiger charge is 2.07. The normalized spacial score (nSPS) is 12.0. The Morgan fingerprint density at radius 3 is 2.40 bits per heavy atom. The quantitative estimate of drug-likeness (QED) is 0.595. The first-order chi connectivity index (χ1) is 9.60. The van der Waals surface area contributed by atoms with Gasteiger partial charge in [-0.3, -0.25) is 0 Å². The summed E-state index contributed by atoms with van der Waals surface area (Å²) in [5.74, 6) is 3.04. The zero-order valence-electron chi connectivity index (χ0n) is 13.4. The van der Waals surface area contributed by atoms with Crippen molar-refractivity contribution in [1.29, 1.82) is 0 Å². The van der Waals surface area contributed by atoms with E-state index in [2.05, 4.69) is 41.4 Å². The highest BCUT2D eigenvalue weighted by atomic mass is 16.4. The van der Waals surface area contributed by atoms with E-state index in [4.69, 9.17) is 4.42 Å². The molecule has 0 bridgehead atoms. The number of nitrogens with one attached hydrogen (secondary N) is 2. The van der Waals surface area contributed by atoms with Crippen LogP contribution in [-0.2, 0) is 6.54 Å². The molecule has 5 nitrogen and oxygen atoms in total. The molecule has 0 aliphatic carbocycles. The minimum absolute atomic E-state index is 0.465. The number of aromatic nitrogens is 1. The van der Waals surface area contributed by atoms with Crippen molar-refractivity contribution in [2.24, 2.45) is 10.9 Å². The highest BCUT2D eigenvalue weighted by molar-refractivity contribution is 5.79. The molecule has 1 aromatic rings. The van der Waals surface area contributed by atoms with Gasteiger partial charge in [-0.15, -0.1) is 0 Å². The number of oxazole rings is 1. The zero-order valence-corrected chi connectivity index (χ0v) is 13.4. The molecule has 114 valence electrons. The lowest BCUT2D eigenvalue weighted by Crippen LogP contribution is -2.39. The minimum Gasteiger partial charge on any atom is -0.444 e. The lowest BCUT2D eigenvalue weighted by atomic mass is 10.0. The molecule has 0 saturated heterocycles. The van der Waals surface area contributed by atoms with Crippen LogP contribution in [0.5, 0.6) is 0 Å². The molecule has 1 aromatic heterocycles. The number of rotatable bonds is 7. The van der Waals surface area contributed by atoms with Gasteiger partial charge in [0.05, 0.1) is 5.69 Å². The summed E-state index contributed by atoms with van der Waals surface area (Å²) in [4.78, 5) is 8.86. The molecule has 1 rings (SSSR count). The fourth-order valence-electron chi connectivity index (χ4n) is 1.91. The molecule has 0 fully saturated rings. The fourth-order valence-corrected chi connectivity index (χ4v) is 1.91. The summed E-state index contributed by atoms with van der Waals surface area (Å²) in [6.45, 7) is 12.6. The second-order valence-corrected chi connectivity index (χ2v) is 5.01. The predicted molar refractivity (Wildman–Crippen MR) is 82.9 cm³/mol. The Morgan fingerprint density at radius 2 is 1.90 bits per heavy atom. The molecule has 0 amide bonds. The van der Waals surface area contributed by atoms with E-state index in [0.717, 1.165) is 30.5 Å². The van der Waals surface area contributed by atoms with Crippen molar-refractivity contribution in [3.8, 4) is 0 Å². The SMILES string of the molecule is CCNC(=NCc1nc(C)c(C)o1)NCC(CC)CC. The van der Waals surface area contributed by atoms with Gasteiger partial charge < -0.3 is 15.1 Å². The molecule has 0 saturated carbocycles. The lowest BCUT2D eigenvalue weighted by molar-refractivity contribution is 0.469. The molecule has 0 unspecified atom stereocenters. The average Bonchev–Trinajstić information content (AvgIpc) is 2.76. The average molecular weight is 280 g/mol. The van der Waals surface area contributed by atoms with Gasteiger partial charge in [-0.05, 0) is 26.7 Å². The van der Waals surface area contributed by atoms with E-state index in [1.807, 2.05) is 13.8 Å². The summed E-state index contributed by atoms with van der Waals surface area (Å²) in [7, 11) is 0. The molecular weight excluding hydrogens is 252 g/mol. The molecule has 0 aromatic carbocycles. The Labute approximate surface area is 122 Å². The summed E-state index contributed by atoms with van der Waals surface area (Å²) in [6.07, 6.45) is 2.36. The third-order valence-electron chi connectivity index (χ3n) is 3.50. The summed E-state index contributed by atoms with van der Waals surface area (Å²) >= 11 is 0. The topological polar surface area (TPSA) is 62.5 Å². The summed E-state index contributed by atoms with van der Waals surface area (Å²) in [6, 6.07) is 0. The van der Waals surface area contributed by atoms with Crippen molar-refractivity contribution in [2.75, 3.05) is 13.1 Å². The van der Waals surface area contributed by atoms with Crippen LogP contribution in [0.25, 0.3) is 0 Å². The van der Waals surface area contributed by atoms with Crippen LogP contribution < -0.4 is 10.6 Å². The lowest BCUT2D eigenvalue weighted by Gasteiger charge is -2.16. The van der Waals surface area contributed by atoms with Crippen LogP contribution in [0.4, 0.5) is 0 Å². The summed E-state index contributed by atoms with van der Waals surface area (Å²) in [5.41, 5.74) is 0.935. The first-order valence-electron chi connectivity index (χ1n) is 7.55. The molecule has 0 spiro atoms. The molecular formula is C15H28N4O. The van der Waals surface area contributed by atoms with Gasteiger partial charge in [0.25, 0.3) is 0 Å². The van der Waals surface area contributed by atoms with Gasteiger partial charge in [-0.1, -0.05) is 26.7 Å². The van der Waals surface area contributed by atoms with Gasteiger partial charge in [0, 0.05) is 13.1 Å². The maximum absolute atomic E-state index is 5.54. The van der Waals surface area contributed by atoms with Crippen molar-refractivity contribution in [3.05, 3.63) is 17.3 Å². The highest BCUT2D eigenvalue weighted by Crippen LogP contribution is 2.09. The Hall–Kier alpha value is -1.52. The Morgan fingerprint density at radius 1 is 1.20 bits per heavy atom. The van der Waals surface area contributed by atoms with Crippen LogP contribution >= 0.6 is 0 Å². The fraction of sp³-hybridized carbons (Fsp3) is 0.733.